The van der Waals surface area contributed by atoms with Crippen LogP contribution < -0.4 is 14.8 Å². The zero-order valence-corrected chi connectivity index (χ0v) is 13.8. The molecule has 1 aliphatic rings. The van der Waals surface area contributed by atoms with Crippen molar-refractivity contribution in [1.82, 2.24) is 4.90 Å². The maximum atomic E-state index is 12.7. The number of rotatable bonds is 3. The Morgan fingerprint density at radius 2 is 1.86 bits per heavy atom. The van der Waals surface area contributed by atoms with Crippen LogP contribution in [0.15, 0.2) is 24.3 Å². The van der Waals surface area contributed by atoms with E-state index >= 15 is 0 Å². The Morgan fingerprint density at radius 3 is 2.45 bits per heavy atom. The van der Waals surface area contributed by atoms with Gasteiger partial charge in [-0.05, 0) is 25.1 Å². The number of anilines is 1. The fourth-order valence-corrected chi connectivity index (χ4v) is 3.56. The number of benzene rings is 1. The first-order valence-corrected chi connectivity index (χ1v) is 7.73. The Labute approximate surface area is 133 Å². The number of hydrogen-bond donors (Lipinski definition) is 1. The molecule has 0 spiro atoms. The van der Waals surface area contributed by atoms with E-state index in [-0.39, 0.29) is 12.1 Å². The zero-order chi connectivity index (χ0) is 15.9. The van der Waals surface area contributed by atoms with Crippen molar-refractivity contribution in [3.63, 3.8) is 0 Å². The summed E-state index contributed by atoms with van der Waals surface area (Å²) in [5.41, 5.74) is 1.35. The number of methoxy groups -OCH3 is 2. The molecule has 1 amide bonds. The van der Waals surface area contributed by atoms with E-state index in [9.17, 15) is 4.79 Å². The molecule has 0 aliphatic carbocycles. The number of aryl methyl sites for hydroxylation is 1. The smallest absolute Gasteiger partial charge is 0.257 e. The van der Waals surface area contributed by atoms with Crippen LogP contribution in [-0.4, -0.2) is 32.1 Å². The number of nitrogens with zero attached hydrogens (tertiary/aromatic N) is 1. The van der Waals surface area contributed by atoms with Crippen molar-refractivity contribution >= 4 is 22.9 Å². The largest absolute Gasteiger partial charge is 0.493 e. The van der Waals surface area contributed by atoms with Crippen molar-refractivity contribution in [3.05, 3.63) is 39.6 Å². The van der Waals surface area contributed by atoms with E-state index in [1.165, 1.54) is 4.88 Å². The summed E-state index contributed by atoms with van der Waals surface area (Å²) >= 11 is 1.68. The summed E-state index contributed by atoms with van der Waals surface area (Å²) in [7, 11) is 4.95. The molecule has 3 rings (SSSR count). The molecule has 1 aromatic carbocycles. The van der Waals surface area contributed by atoms with Gasteiger partial charge in [0.2, 0.25) is 0 Å². The molecule has 2 aromatic rings. The third-order valence-electron chi connectivity index (χ3n) is 3.78. The molecule has 0 unspecified atom stereocenters. The topological polar surface area (TPSA) is 50.8 Å². The molecule has 5 nitrogen and oxygen atoms in total. The minimum absolute atomic E-state index is 0.0363. The number of fused-ring (bicyclic) bond motifs is 1. The highest BCUT2D eigenvalue weighted by Crippen LogP contribution is 2.40. The highest BCUT2D eigenvalue weighted by molar-refractivity contribution is 7.12. The first kappa shape index (κ1) is 14.7. The van der Waals surface area contributed by atoms with Gasteiger partial charge in [0.25, 0.3) is 5.91 Å². The predicted molar refractivity (Wildman–Crippen MR) is 87.1 cm³/mol. The Morgan fingerprint density at radius 1 is 1.18 bits per heavy atom. The molecule has 2 heterocycles. The molecule has 1 N–H and O–H groups in total. The number of carbonyl (C=O) groups excluding carboxylic acids is 1. The maximum absolute atomic E-state index is 12.7. The highest BCUT2D eigenvalue weighted by atomic mass is 32.1. The van der Waals surface area contributed by atoms with Gasteiger partial charge in [0.05, 0.1) is 25.5 Å². The predicted octanol–water partition coefficient (Wildman–Crippen LogP) is 3.27. The van der Waals surface area contributed by atoms with Crippen LogP contribution >= 0.6 is 11.3 Å². The van der Waals surface area contributed by atoms with Gasteiger partial charge in [-0.3, -0.25) is 4.79 Å². The Hall–Kier alpha value is -2.21. The van der Waals surface area contributed by atoms with Crippen LogP contribution in [0.1, 0.15) is 26.3 Å². The monoisotopic (exact) mass is 318 g/mol. The van der Waals surface area contributed by atoms with Gasteiger partial charge in [0, 0.05) is 22.9 Å². The lowest BCUT2D eigenvalue weighted by molar-refractivity contribution is 0.0737. The van der Waals surface area contributed by atoms with Crippen molar-refractivity contribution in [2.24, 2.45) is 0 Å². The molecule has 0 fully saturated rings. The normalized spacial score (nSPS) is 17.0. The number of ether oxygens (including phenoxy) is 2. The molecule has 0 radical (unpaired) electrons. The van der Waals surface area contributed by atoms with E-state index in [1.54, 1.807) is 43.6 Å². The lowest BCUT2D eigenvalue weighted by Crippen LogP contribution is -2.39. The summed E-state index contributed by atoms with van der Waals surface area (Å²) in [6.07, 6.45) is -0.170. The molecule has 116 valence electrons. The molecular formula is C16H18N2O3S. The van der Waals surface area contributed by atoms with Crippen LogP contribution in [0, 0.1) is 6.92 Å². The van der Waals surface area contributed by atoms with Crippen LogP contribution in [0.5, 0.6) is 11.5 Å². The summed E-state index contributed by atoms with van der Waals surface area (Å²) in [5, 5.41) is 3.41. The van der Waals surface area contributed by atoms with E-state index in [2.05, 4.69) is 18.3 Å². The summed E-state index contributed by atoms with van der Waals surface area (Å²) < 4.78 is 10.6. The highest BCUT2D eigenvalue weighted by Gasteiger charge is 2.32. The SMILES string of the molecule is COc1cc2c(cc1OC)C(=O)N(C)[C@H](c1ccc(C)s1)N2. The second-order valence-electron chi connectivity index (χ2n) is 5.16. The van der Waals surface area contributed by atoms with Gasteiger partial charge in [0.1, 0.15) is 6.17 Å². The van der Waals surface area contributed by atoms with Crippen LogP contribution in [0.25, 0.3) is 0 Å². The summed E-state index contributed by atoms with van der Waals surface area (Å²) in [5.74, 6) is 1.12. The van der Waals surface area contributed by atoms with Gasteiger partial charge >= 0.3 is 0 Å². The molecule has 0 saturated heterocycles. The summed E-state index contributed by atoms with van der Waals surface area (Å²) in [6, 6.07) is 7.64. The third-order valence-corrected chi connectivity index (χ3v) is 4.84. The fourth-order valence-electron chi connectivity index (χ4n) is 2.59. The molecule has 1 aliphatic heterocycles. The van der Waals surface area contributed by atoms with Gasteiger partial charge in [-0.15, -0.1) is 11.3 Å². The van der Waals surface area contributed by atoms with Crippen LogP contribution in [0.4, 0.5) is 5.69 Å². The minimum atomic E-state index is -0.170. The van der Waals surface area contributed by atoms with Crippen molar-refractivity contribution < 1.29 is 14.3 Å². The molecule has 0 bridgehead atoms. The van der Waals surface area contributed by atoms with E-state index in [0.29, 0.717) is 17.1 Å². The fraction of sp³-hybridized carbons (Fsp3) is 0.312. The Bertz CT molecular complexity index is 726. The number of nitrogens with one attached hydrogen (secondary N) is 1. The second-order valence-corrected chi connectivity index (χ2v) is 6.48. The van der Waals surface area contributed by atoms with E-state index in [0.717, 1.165) is 10.6 Å². The Balaban J connectivity index is 2.05. The third kappa shape index (κ3) is 2.29. The van der Waals surface area contributed by atoms with E-state index < -0.39 is 0 Å². The van der Waals surface area contributed by atoms with E-state index in [4.69, 9.17) is 9.47 Å². The number of carbonyl (C=O) groups is 1. The average Bonchev–Trinajstić information content (AvgIpc) is 2.95. The van der Waals surface area contributed by atoms with Crippen molar-refractivity contribution in [1.29, 1.82) is 0 Å². The van der Waals surface area contributed by atoms with Gasteiger partial charge in [-0.25, -0.2) is 0 Å². The molecule has 0 saturated carbocycles. The van der Waals surface area contributed by atoms with Gasteiger partial charge in [0.15, 0.2) is 11.5 Å². The molecular weight excluding hydrogens is 300 g/mol. The van der Waals surface area contributed by atoms with E-state index in [1.807, 2.05) is 12.1 Å². The first-order valence-electron chi connectivity index (χ1n) is 6.91. The van der Waals surface area contributed by atoms with Crippen molar-refractivity contribution in [2.45, 2.75) is 13.1 Å². The zero-order valence-electron chi connectivity index (χ0n) is 13.0. The lowest BCUT2D eigenvalue weighted by Gasteiger charge is -2.35. The van der Waals surface area contributed by atoms with Crippen LogP contribution in [0.2, 0.25) is 0 Å². The van der Waals surface area contributed by atoms with Crippen LogP contribution in [-0.2, 0) is 0 Å². The molecule has 1 aromatic heterocycles. The molecule has 6 heteroatoms. The van der Waals surface area contributed by atoms with Gasteiger partial charge in [-0.2, -0.15) is 0 Å². The first-order chi connectivity index (χ1) is 10.5. The quantitative estimate of drug-likeness (QED) is 0.943. The van der Waals surface area contributed by atoms with Gasteiger partial charge in [-0.1, -0.05) is 0 Å². The van der Waals surface area contributed by atoms with Crippen LogP contribution in [0.3, 0.4) is 0 Å². The maximum Gasteiger partial charge on any atom is 0.257 e. The van der Waals surface area contributed by atoms with Crippen molar-refractivity contribution in [2.75, 3.05) is 26.6 Å². The number of amides is 1. The number of hydrogen-bond acceptors (Lipinski definition) is 5. The standard InChI is InChI=1S/C16H18N2O3S/c1-9-5-6-14(22-9)15-17-11-8-13(21-4)12(20-3)7-10(11)16(19)18(15)2/h5-8,15,17H,1-4H3/t15-/m1/s1. The van der Waals surface area contributed by atoms with Crippen molar-refractivity contribution in [3.8, 4) is 11.5 Å². The molecule has 22 heavy (non-hydrogen) atoms. The van der Waals surface area contributed by atoms with Gasteiger partial charge < -0.3 is 19.7 Å². The summed E-state index contributed by atoms with van der Waals surface area (Å²) in [4.78, 5) is 16.7. The second kappa shape index (κ2) is 5.53. The molecule has 1 atom stereocenters. The number of thiophene rings is 1. The lowest BCUT2D eigenvalue weighted by atomic mass is 10.1. The Kier molecular flexibility index (Phi) is 3.70. The average molecular weight is 318 g/mol. The minimum Gasteiger partial charge on any atom is -0.493 e. The summed E-state index contributed by atoms with van der Waals surface area (Å²) in [6.45, 7) is 2.06.